The molecule has 0 spiro atoms. The number of aliphatic hydroxyl groups is 1. The maximum absolute atomic E-state index is 14.0. The molecule has 1 aliphatic rings. The number of hydrogen-bond donors (Lipinski definition) is 1. The van der Waals surface area contributed by atoms with Gasteiger partial charge in [0.2, 0.25) is 5.60 Å². The van der Waals surface area contributed by atoms with E-state index < -0.39 is 35.4 Å². The Bertz CT molecular complexity index is 893. The van der Waals surface area contributed by atoms with Gasteiger partial charge in [0.05, 0.1) is 30.7 Å². The minimum atomic E-state index is -5.13. The van der Waals surface area contributed by atoms with E-state index >= 15 is 0 Å². The first-order chi connectivity index (χ1) is 12.4. The summed E-state index contributed by atoms with van der Waals surface area (Å²) in [6, 6.07) is 0.0684. The molecule has 3 rings (SSSR count). The van der Waals surface area contributed by atoms with Crippen LogP contribution in [0.25, 0.3) is 11.5 Å². The van der Waals surface area contributed by atoms with Gasteiger partial charge >= 0.3 is 6.18 Å². The molecule has 0 aromatic carbocycles. The first kappa shape index (κ1) is 19.2. The lowest BCUT2D eigenvalue weighted by molar-refractivity contribution is -0.251. The summed E-state index contributed by atoms with van der Waals surface area (Å²) >= 11 is 0. The van der Waals surface area contributed by atoms with Gasteiger partial charge in [-0.1, -0.05) is 0 Å². The molecule has 6 nitrogen and oxygen atoms in total. The number of nitrogens with zero attached hydrogens (tertiary/aromatic N) is 4. The number of halogens is 5. The van der Waals surface area contributed by atoms with Crippen LogP contribution in [-0.2, 0) is 11.3 Å². The number of pyridine rings is 1. The fraction of sp³-hybridized carbons (Fsp3) is 0.438. The Hall–Kier alpha value is -2.56. The quantitative estimate of drug-likeness (QED) is 0.800. The zero-order valence-electron chi connectivity index (χ0n) is 14.3. The van der Waals surface area contributed by atoms with Gasteiger partial charge in [-0.3, -0.25) is 4.79 Å². The third-order valence-electron chi connectivity index (χ3n) is 4.43. The molecule has 2 atom stereocenters. The molecule has 0 aliphatic carbocycles. The van der Waals surface area contributed by atoms with E-state index in [4.69, 9.17) is 0 Å². The molecular weight excluding hydrogens is 375 g/mol. The van der Waals surface area contributed by atoms with Gasteiger partial charge in [0, 0.05) is 12.6 Å². The highest BCUT2D eigenvalue weighted by molar-refractivity contribution is 5.85. The molecule has 0 fully saturated rings. The SMILES string of the molecule is CC1CN(C(=O)C(C)(O)C(F)(F)F)Cc2cnc(-c3ncc(F)cc3F)n21. The smallest absolute Gasteiger partial charge is 0.373 e. The van der Waals surface area contributed by atoms with Crippen LogP contribution < -0.4 is 0 Å². The average Bonchev–Trinajstić information content (AvgIpc) is 2.97. The molecule has 0 radical (unpaired) electrons. The predicted molar refractivity (Wildman–Crippen MR) is 82.2 cm³/mol. The molecule has 0 saturated heterocycles. The summed E-state index contributed by atoms with van der Waals surface area (Å²) in [5, 5.41) is 9.62. The van der Waals surface area contributed by atoms with Gasteiger partial charge in [0.15, 0.2) is 11.6 Å². The van der Waals surface area contributed by atoms with Crippen LogP contribution in [0.1, 0.15) is 25.6 Å². The number of carbonyl (C=O) groups is 1. The number of amides is 1. The summed E-state index contributed by atoms with van der Waals surface area (Å²) in [5.41, 5.74) is -3.40. The summed E-state index contributed by atoms with van der Waals surface area (Å²) < 4.78 is 67.4. The first-order valence-corrected chi connectivity index (χ1v) is 7.89. The lowest BCUT2D eigenvalue weighted by Gasteiger charge is -2.37. The second-order valence-corrected chi connectivity index (χ2v) is 6.53. The van der Waals surface area contributed by atoms with Crippen LogP contribution in [0.5, 0.6) is 0 Å². The van der Waals surface area contributed by atoms with E-state index in [1.165, 1.54) is 10.8 Å². The molecule has 2 unspecified atom stereocenters. The van der Waals surface area contributed by atoms with Crippen molar-refractivity contribution in [2.75, 3.05) is 6.54 Å². The monoisotopic (exact) mass is 390 g/mol. The van der Waals surface area contributed by atoms with Crippen molar-refractivity contribution in [1.82, 2.24) is 19.4 Å². The van der Waals surface area contributed by atoms with E-state index in [0.717, 1.165) is 11.1 Å². The summed E-state index contributed by atoms with van der Waals surface area (Å²) in [6.45, 7) is 1.57. The molecule has 27 heavy (non-hydrogen) atoms. The normalized spacial score (nSPS) is 19.6. The molecule has 0 bridgehead atoms. The van der Waals surface area contributed by atoms with Crippen molar-refractivity contribution in [3.8, 4) is 11.5 Å². The molecule has 1 N–H and O–H groups in total. The molecular formula is C16H15F5N4O2. The fourth-order valence-corrected chi connectivity index (χ4v) is 3.00. The second-order valence-electron chi connectivity index (χ2n) is 6.53. The maximum atomic E-state index is 14.0. The van der Waals surface area contributed by atoms with E-state index in [1.54, 1.807) is 6.92 Å². The van der Waals surface area contributed by atoms with E-state index in [9.17, 15) is 31.9 Å². The van der Waals surface area contributed by atoms with E-state index in [0.29, 0.717) is 18.7 Å². The largest absolute Gasteiger partial charge is 0.426 e. The molecule has 146 valence electrons. The summed E-state index contributed by atoms with van der Waals surface area (Å²) in [7, 11) is 0. The van der Waals surface area contributed by atoms with E-state index in [2.05, 4.69) is 9.97 Å². The summed E-state index contributed by atoms with van der Waals surface area (Å²) in [5.74, 6) is -3.21. The zero-order valence-corrected chi connectivity index (χ0v) is 14.3. The van der Waals surface area contributed by atoms with Crippen LogP contribution >= 0.6 is 0 Å². The van der Waals surface area contributed by atoms with Crippen molar-refractivity contribution >= 4 is 5.91 Å². The number of carbonyl (C=O) groups excluding carboxylic acids is 1. The number of imidazole rings is 1. The first-order valence-electron chi connectivity index (χ1n) is 7.89. The molecule has 11 heteroatoms. The van der Waals surface area contributed by atoms with Crippen molar-refractivity contribution in [2.45, 2.75) is 38.2 Å². The van der Waals surface area contributed by atoms with Crippen molar-refractivity contribution in [2.24, 2.45) is 0 Å². The lowest BCUT2D eigenvalue weighted by atomic mass is 10.0. The predicted octanol–water partition coefficient (Wildman–Crippen LogP) is 2.44. The Balaban J connectivity index is 1.95. The van der Waals surface area contributed by atoms with Crippen LogP contribution in [0, 0.1) is 11.6 Å². The number of hydrogen-bond acceptors (Lipinski definition) is 4. The van der Waals surface area contributed by atoms with Gasteiger partial charge in [-0.15, -0.1) is 0 Å². The van der Waals surface area contributed by atoms with Gasteiger partial charge in [-0.05, 0) is 13.8 Å². The standard InChI is InChI=1S/C16H15F5N4O2/c1-8-6-24(14(26)15(2,27)16(19,20)21)7-10-5-23-13(25(8)10)12-11(18)3-9(17)4-22-12/h3-5,8,27H,6-7H2,1-2H3. The number of alkyl halides is 3. The molecule has 1 aliphatic heterocycles. The van der Waals surface area contributed by atoms with Gasteiger partial charge < -0.3 is 14.6 Å². The third-order valence-corrected chi connectivity index (χ3v) is 4.43. The molecule has 2 aromatic heterocycles. The van der Waals surface area contributed by atoms with Crippen LogP contribution in [0.15, 0.2) is 18.5 Å². The van der Waals surface area contributed by atoms with Crippen molar-refractivity contribution < 1.29 is 31.9 Å². The van der Waals surface area contributed by atoms with Crippen LogP contribution in [-0.4, -0.2) is 48.8 Å². The van der Waals surface area contributed by atoms with E-state index in [-0.39, 0.29) is 24.6 Å². The molecule has 1 amide bonds. The zero-order chi connectivity index (χ0) is 20.1. The maximum Gasteiger partial charge on any atom is 0.426 e. The minimum absolute atomic E-state index is 0.0738. The van der Waals surface area contributed by atoms with Gasteiger partial charge in [-0.25, -0.2) is 18.7 Å². The second kappa shape index (κ2) is 6.25. The molecule has 3 heterocycles. The summed E-state index contributed by atoms with van der Waals surface area (Å²) in [6.07, 6.45) is -3.03. The molecule has 0 saturated carbocycles. The van der Waals surface area contributed by atoms with Gasteiger partial charge in [0.25, 0.3) is 5.91 Å². The summed E-state index contributed by atoms with van der Waals surface area (Å²) in [4.78, 5) is 20.8. The van der Waals surface area contributed by atoms with Gasteiger partial charge in [0.1, 0.15) is 11.5 Å². The highest BCUT2D eigenvalue weighted by Crippen LogP contribution is 2.35. The highest BCUT2D eigenvalue weighted by atomic mass is 19.4. The van der Waals surface area contributed by atoms with Crippen LogP contribution in [0.2, 0.25) is 0 Å². The number of rotatable bonds is 2. The number of fused-ring (bicyclic) bond motifs is 1. The average molecular weight is 390 g/mol. The Kier molecular flexibility index (Phi) is 4.45. The minimum Gasteiger partial charge on any atom is -0.373 e. The van der Waals surface area contributed by atoms with Crippen molar-refractivity contribution in [1.29, 1.82) is 0 Å². The molecule has 2 aromatic rings. The number of aromatic nitrogens is 3. The Morgan fingerprint density at radius 1 is 1.26 bits per heavy atom. The lowest BCUT2D eigenvalue weighted by Crippen LogP contribution is -2.57. The Morgan fingerprint density at radius 3 is 2.52 bits per heavy atom. The highest BCUT2D eigenvalue weighted by Gasteiger charge is 2.57. The van der Waals surface area contributed by atoms with E-state index in [1.807, 2.05) is 0 Å². The third kappa shape index (κ3) is 3.15. The fourth-order valence-electron chi connectivity index (χ4n) is 3.00. The van der Waals surface area contributed by atoms with Crippen molar-refractivity contribution in [3.05, 3.63) is 35.8 Å². The Morgan fingerprint density at radius 2 is 1.93 bits per heavy atom. The van der Waals surface area contributed by atoms with Gasteiger partial charge in [-0.2, -0.15) is 13.2 Å². The Labute approximate surface area is 150 Å². The van der Waals surface area contributed by atoms with Crippen LogP contribution in [0.4, 0.5) is 22.0 Å². The topological polar surface area (TPSA) is 71.2 Å². The van der Waals surface area contributed by atoms with Crippen molar-refractivity contribution in [3.63, 3.8) is 0 Å². The van der Waals surface area contributed by atoms with Crippen LogP contribution in [0.3, 0.4) is 0 Å².